The molecule has 1 aromatic heterocycles. The van der Waals surface area contributed by atoms with Gasteiger partial charge in [-0.25, -0.2) is 0 Å². The molecule has 0 radical (unpaired) electrons. The number of aryl methyl sites for hydroxylation is 1. The van der Waals surface area contributed by atoms with Gasteiger partial charge in [0.1, 0.15) is 0 Å². The van der Waals surface area contributed by atoms with Crippen molar-refractivity contribution in [2.45, 2.75) is 39.0 Å². The van der Waals surface area contributed by atoms with Gasteiger partial charge in [-0.2, -0.15) is 0 Å². The lowest BCUT2D eigenvalue weighted by atomic mass is 9.90. The predicted octanol–water partition coefficient (Wildman–Crippen LogP) is 3.37. The summed E-state index contributed by atoms with van der Waals surface area (Å²) in [4.78, 5) is 17.5. The molecule has 5 heteroatoms. The summed E-state index contributed by atoms with van der Waals surface area (Å²) in [6.45, 7) is 6.51. The Morgan fingerprint density at radius 2 is 1.91 bits per heavy atom. The Morgan fingerprint density at radius 1 is 1.22 bits per heavy atom. The van der Waals surface area contributed by atoms with Crippen LogP contribution in [0.25, 0.3) is 0 Å². The summed E-state index contributed by atoms with van der Waals surface area (Å²) in [7, 11) is 0. The molecule has 3 atom stereocenters. The first-order chi connectivity index (χ1) is 10.7. The third-order valence-electron chi connectivity index (χ3n) is 5.85. The number of carbonyl (C=O) groups excluding carboxylic acids is 1. The lowest BCUT2D eigenvalue weighted by molar-refractivity contribution is 0.0763. The largest absolute Gasteiger partial charge is 0.338 e. The SMILES string of the molecule is CC1CCc2sc(C(=O)N3CC[C@@H]4CNC[C@@H]4CC3)cc2C1.Cl. The van der Waals surface area contributed by atoms with Crippen molar-refractivity contribution in [3.63, 3.8) is 0 Å². The Labute approximate surface area is 149 Å². The van der Waals surface area contributed by atoms with Gasteiger partial charge in [0.25, 0.3) is 5.91 Å². The fourth-order valence-corrected chi connectivity index (χ4v) is 5.56. The smallest absolute Gasteiger partial charge is 0.263 e. The maximum Gasteiger partial charge on any atom is 0.263 e. The number of nitrogens with one attached hydrogen (secondary N) is 1. The van der Waals surface area contributed by atoms with Crippen molar-refractivity contribution >= 4 is 29.7 Å². The maximum atomic E-state index is 12.9. The number of hydrogen-bond donors (Lipinski definition) is 1. The van der Waals surface area contributed by atoms with E-state index in [0.717, 1.165) is 55.2 Å². The van der Waals surface area contributed by atoms with Crippen LogP contribution in [-0.2, 0) is 12.8 Å². The van der Waals surface area contributed by atoms with Crippen LogP contribution in [0.15, 0.2) is 6.07 Å². The van der Waals surface area contributed by atoms with Gasteiger partial charge in [0.05, 0.1) is 4.88 Å². The van der Waals surface area contributed by atoms with Crippen molar-refractivity contribution in [3.8, 4) is 0 Å². The molecule has 2 aliphatic heterocycles. The van der Waals surface area contributed by atoms with Gasteiger partial charge in [-0.05, 0) is 74.6 Å². The highest BCUT2D eigenvalue weighted by molar-refractivity contribution is 7.14. The van der Waals surface area contributed by atoms with Gasteiger partial charge in [0.2, 0.25) is 0 Å². The van der Waals surface area contributed by atoms with E-state index in [-0.39, 0.29) is 12.4 Å². The molecule has 1 aliphatic carbocycles. The molecule has 2 fully saturated rings. The van der Waals surface area contributed by atoms with Crippen molar-refractivity contribution in [1.29, 1.82) is 0 Å². The molecule has 3 aliphatic rings. The standard InChI is InChI=1S/C18H26N2OS.ClH/c1-12-2-3-16-15(8-12)9-17(22-16)18(21)20-6-4-13-10-19-11-14(13)5-7-20;/h9,12-14,19H,2-8,10-11H2,1H3;1H/t12?,13-,14+;. The van der Waals surface area contributed by atoms with Gasteiger partial charge in [-0.3, -0.25) is 4.79 Å². The molecular formula is C18H27ClN2OS. The molecule has 0 saturated carbocycles. The van der Waals surface area contributed by atoms with Gasteiger partial charge < -0.3 is 10.2 Å². The minimum Gasteiger partial charge on any atom is -0.338 e. The van der Waals surface area contributed by atoms with E-state index < -0.39 is 0 Å². The van der Waals surface area contributed by atoms with Crippen LogP contribution in [0, 0.1) is 17.8 Å². The predicted molar refractivity (Wildman–Crippen MR) is 97.7 cm³/mol. The molecule has 1 unspecified atom stereocenters. The Balaban J connectivity index is 0.00000156. The minimum absolute atomic E-state index is 0. The first-order valence-corrected chi connectivity index (χ1v) is 9.64. The van der Waals surface area contributed by atoms with E-state index in [0.29, 0.717) is 5.91 Å². The van der Waals surface area contributed by atoms with Crippen molar-refractivity contribution in [1.82, 2.24) is 10.2 Å². The second-order valence-corrected chi connectivity index (χ2v) is 8.59. The van der Waals surface area contributed by atoms with E-state index in [2.05, 4.69) is 23.2 Å². The van der Waals surface area contributed by atoms with E-state index in [4.69, 9.17) is 0 Å². The molecule has 128 valence electrons. The van der Waals surface area contributed by atoms with Gasteiger partial charge in [0, 0.05) is 18.0 Å². The maximum absolute atomic E-state index is 12.9. The fraction of sp³-hybridized carbons (Fsp3) is 0.722. The second kappa shape index (κ2) is 7.12. The lowest BCUT2D eigenvalue weighted by Crippen LogP contribution is -2.32. The summed E-state index contributed by atoms with van der Waals surface area (Å²) in [5.41, 5.74) is 1.45. The lowest BCUT2D eigenvalue weighted by Gasteiger charge is -2.20. The quantitative estimate of drug-likeness (QED) is 0.838. The number of halogens is 1. The zero-order chi connectivity index (χ0) is 15.1. The summed E-state index contributed by atoms with van der Waals surface area (Å²) in [6.07, 6.45) is 5.96. The summed E-state index contributed by atoms with van der Waals surface area (Å²) < 4.78 is 0. The molecule has 3 nitrogen and oxygen atoms in total. The molecule has 1 aromatic rings. The van der Waals surface area contributed by atoms with Crippen molar-refractivity contribution in [2.75, 3.05) is 26.2 Å². The highest BCUT2D eigenvalue weighted by Gasteiger charge is 2.32. The Bertz CT molecular complexity index is 559. The zero-order valence-electron chi connectivity index (χ0n) is 13.8. The second-order valence-electron chi connectivity index (χ2n) is 7.45. The van der Waals surface area contributed by atoms with Crippen molar-refractivity contribution < 1.29 is 4.79 Å². The number of likely N-dealkylation sites (tertiary alicyclic amines) is 1. The van der Waals surface area contributed by atoms with Crippen LogP contribution >= 0.6 is 23.7 Å². The van der Waals surface area contributed by atoms with Crippen molar-refractivity contribution in [3.05, 3.63) is 21.4 Å². The fourth-order valence-electron chi connectivity index (χ4n) is 4.39. The number of fused-ring (bicyclic) bond motifs is 2. The van der Waals surface area contributed by atoms with Gasteiger partial charge in [-0.1, -0.05) is 6.92 Å². The first-order valence-electron chi connectivity index (χ1n) is 8.82. The molecule has 0 spiro atoms. The van der Waals surface area contributed by atoms with Crippen LogP contribution in [0.5, 0.6) is 0 Å². The number of carbonyl (C=O) groups is 1. The molecule has 0 aromatic carbocycles. The molecule has 23 heavy (non-hydrogen) atoms. The Morgan fingerprint density at radius 3 is 2.61 bits per heavy atom. The highest BCUT2D eigenvalue weighted by atomic mass is 35.5. The number of hydrogen-bond acceptors (Lipinski definition) is 3. The van der Waals surface area contributed by atoms with Crippen molar-refractivity contribution in [2.24, 2.45) is 17.8 Å². The average Bonchev–Trinajstić information content (AvgIpc) is 3.08. The number of nitrogens with zero attached hydrogens (tertiary/aromatic N) is 1. The summed E-state index contributed by atoms with van der Waals surface area (Å²) in [5, 5.41) is 3.50. The minimum atomic E-state index is 0. The molecular weight excluding hydrogens is 328 g/mol. The summed E-state index contributed by atoms with van der Waals surface area (Å²) in [5.74, 6) is 2.64. The molecule has 1 amide bonds. The number of amides is 1. The number of rotatable bonds is 1. The molecule has 3 heterocycles. The van der Waals surface area contributed by atoms with Gasteiger partial charge in [-0.15, -0.1) is 23.7 Å². The molecule has 1 N–H and O–H groups in total. The van der Waals surface area contributed by atoms with Crippen LogP contribution in [0.4, 0.5) is 0 Å². The molecule has 4 rings (SSSR count). The van der Waals surface area contributed by atoms with Gasteiger partial charge in [0.15, 0.2) is 0 Å². The van der Waals surface area contributed by atoms with E-state index in [1.807, 2.05) is 0 Å². The third kappa shape index (κ3) is 3.45. The first kappa shape index (κ1) is 17.2. The topological polar surface area (TPSA) is 32.3 Å². The highest BCUT2D eigenvalue weighted by Crippen LogP contribution is 2.34. The zero-order valence-corrected chi connectivity index (χ0v) is 15.5. The van der Waals surface area contributed by atoms with E-state index in [1.165, 1.54) is 36.1 Å². The monoisotopic (exact) mass is 354 g/mol. The molecule has 2 saturated heterocycles. The normalized spacial score (nSPS) is 30.1. The average molecular weight is 355 g/mol. The van der Waals surface area contributed by atoms with Crippen LogP contribution in [-0.4, -0.2) is 37.0 Å². The van der Waals surface area contributed by atoms with E-state index in [9.17, 15) is 4.79 Å². The molecule has 0 bridgehead atoms. The van der Waals surface area contributed by atoms with Crippen LogP contribution < -0.4 is 5.32 Å². The summed E-state index contributed by atoms with van der Waals surface area (Å²) >= 11 is 1.76. The van der Waals surface area contributed by atoms with E-state index >= 15 is 0 Å². The van der Waals surface area contributed by atoms with E-state index in [1.54, 1.807) is 11.3 Å². The Hall–Kier alpha value is -0.580. The van der Waals surface area contributed by atoms with Crippen LogP contribution in [0.3, 0.4) is 0 Å². The Kier molecular flexibility index (Phi) is 5.34. The number of thiophene rings is 1. The van der Waals surface area contributed by atoms with Crippen LogP contribution in [0.2, 0.25) is 0 Å². The summed E-state index contributed by atoms with van der Waals surface area (Å²) in [6, 6.07) is 2.20. The van der Waals surface area contributed by atoms with Crippen LogP contribution in [0.1, 0.15) is 46.3 Å². The van der Waals surface area contributed by atoms with Gasteiger partial charge >= 0.3 is 0 Å². The third-order valence-corrected chi connectivity index (χ3v) is 7.07.